The molecule has 0 aliphatic carbocycles. The summed E-state index contributed by atoms with van der Waals surface area (Å²) >= 11 is 3.88. The van der Waals surface area contributed by atoms with Crippen LogP contribution < -0.4 is 5.79 Å². The molecule has 0 saturated carbocycles. The molecule has 0 unspecified atom stereocenters. The first-order valence-corrected chi connectivity index (χ1v) is 41.3. The fraction of sp³-hybridized carbons (Fsp3) is 0.550. The summed E-state index contributed by atoms with van der Waals surface area (Å²) in [5.74, 6) is 1.62. The molecular formula is C40H58S4Sn2. The number of benzene rings is 1. The zero-order chi connectivity index (χ0) is 33.2. The molecule has 0 N–H and O–H groups in total. The van der Waals surface area contributed by atoms with E-state index >= 15 is 0 Å². The molecule has 46 heavy (non-hydrogen) atoms. The summed E-state index contributed by atoms with van der Waals surface area (Å²) in [6.07, 6.45) is 13.1. The molecule has 6 heteroatoms. The van der Waals surface area contributed by atoms with Gasteiger partial charge in [-0.05, 0) is 0 Å². The van der Waals surface area contributed by atoms with Crippen molar-refractivity contribution in [1.82, 2.24) is 0 Å². The van der Waals surface area contributed by atoms with E-state index in [2.05, 4.69) is 139 Å². The summed E-state index contributed by atoms with van der Waals surface area (Å²) in [5.41, 5.74) is 3.11. The molecule has 5 aromatic rings. The van der Waals surface area contributed by atoms with Crippen LogP contribution >= 0.6 is 45.3 Å². The molecule has 4 aromatic heterocycles. The predicted molar refractivity (Wildman–Crippen MR) is 224 cm³/mol. The van der Waals surface area contributed by atoms with Gasteiger partial charge in [0.2, 0.25) is 0 Å². The minimum atomic E-state index is -2.32. The van der Waals surface area contributed by atoms with Crippen LogP contribution in [-0.4, -0.2) is 36.8 Å². The van der Waals surface area contributed by atoms with Gasteiger partial charge in [0.1, 0.15) is 0 Å². The second kappa shape index (κ2) is 16.0. The van der Waals surface area contributed by atoms with Crippen molar-refractivity contribution in [3.63, 3.8) is 0 Å². The van der Waals surface area contributed by atoms with Crippen LogP contribution in [0.4, 0.5) is 0 Å². The monoisotopic (exact) mass is 906 g/mol. The van der Waals surface area contributed by atoms with Gasteiger partial charge in [0.25, 0.3) is 0 Å². The van der Waals surface area contributed by atoms with Gasteiger partial charge in [-0.15, -0.1) is 0 Å². The van der Waals surface area contributed by atoms with Crippen LogP contribution in [-0.2, 0) is 12.8 Å². The number of thiophene rings is 4. The third-order valence-electron chi connectivity index (χ3n) is 9.82. The second-order valence-corrected chi connectivity index (χ2v) is 51.0. The Bertz CT molecular complexity index is 1550. The Labute approximate surface area is 305 Å². The average Bonchev–Trinajstić information content (AvgIpc) is 3.81. The third-order valence-corrected chi connectivity index (χ3v) is 33.2. The van der Waals surface area contributed by atoms with Crippen molar-refractivity contribution in [2.24, 2.45) is 11.8 Å². The first kappa shape index (κ1) is 37.4. The summed E-state index contributed by atoms with van der Waals surface area (Å²) in [6.45, 7) is 9.44. The summed E-state index contributed by atoms with van der Waals surface area (Å²) in [5, 5.41) is 3.09. The Morgan fingerprint density at radius 2 is 0.935 bits per heavy atom. The van der Waals surface area contributed by atoms with E-state index in [0.717, 1.165) is 11.8 Å². The first-order valence-electron chi connectivity index (χ1n) is 18.1. The fourth-order valence-corrected chi connectivity index (χ4v) is 22.1. The molecule has 1 aromatic carbocycles. The molecule has 0 aliphatic rings. The van der Waals surface area contributed by atoms with Crippen LogP contribution in [0, 0.1) is 11.8 Å². The summed E-state index contributed by atoms with van der Waals surface area (Å²) in [4.78, 5) is 21.8. The van der Waals surface area contributed by atoms with Crippen LogP contribution in [0.1, 0.15) is 88.8 Å². The third kappa shape index (κ3) is 8.53. The van der Waals surface area contributed by atoms with E-state index in [1.165, 1.54) is 74.0 Å². The van der Waals surface area contributed by atoms with E-state index in [9.17, 15) is 0 Å². The van der Waals surface area contributed by atoms with Gasteiger partial charge in [-0.3, -0.25) is 0 Å². The van der Waals surface area contributed by atoms with Gasteiger partial charge in [0.15, 0.2) is 0 Å². The molecule has 0 fully saturated rings. The molecule has 0 saturated heterocycles. The van der Waals surface area contributed by atoms with Crippen LogP contribution in [0.25, 0.3) is 41.1 Å². The maximum absolute atomic E-state index is 2.68. The van der Waals surface area contributed by atoms with Crippen molar-refractivity contribution in [3.05, 3.63) is 46.2 Å². The molecular weight excluding hydrogens is 846 g/mol. The molecule has 0 nitrogen and oxygen atoms in total. The van der Waals surface area contributed by atoms with E-state index in [1.807, 2.05) is 0 Å². The van der Waals surface area contributed by atoms with Crippen LogP contribution in [0.3, 0.4) is 0 Å². The van der Waals surface area contributed by atoms with Gasteiger partial charge in [-0.1, -0.05) is 13.8 Å². The summed E-state index contributed by atoms with van der Waals surface area (Å²) in [7, 11) is 0. The van der Waals surface area contributed by atoms with E-state index in [1.54, 1.807) is 46.8 Å². The van der Waals surface area contributed by atoms with Crippen molar-refractivity contribution in [1.29, 1.82) is 0 Å². The number of hydrogen-bond donors (Lipinski definition) is 0. The molecule has 5 rings (SSSR count). The van der Waals surface area contributed by atoms with Gasteiger partial charge >= 0.3 is 295 Å². The van der Waals surface area contributed by atoms with Crippen molar-refractivity contribution in [3.8, 4) is 20.9 Å². The van der Waals surface area contributed by atoms with E-state index in [-0.39, 0.29) is 0 Å². The molecule has 250 valence electrons. The van der Waals surface area contributed by atoms with Crippen LogP contribution in [0.2, 0.25) is 29.6 Å². The first-order chi connectivity index (χ1) is 21.9. The SMILES string of the molecule is CCCC[C@H](CC)Cc1ccc(-c2c3c[c]([Sn]([CH3])([CH3])[CH3])sc3c(-c3ccc(C[C@@H](CC)CCCC)s3)c3c[c]([Sn]([CH3])([CH3])[CH3])sc23)s1. The van der Waals surface area contributed by atoms with Gasteiger partial charge in [-0.25, -0.2) is 0 Å². The van der Waals surface area contributed by atoms with Gasteiger partial charge < -0.3 is 0 Å². The van der Waals surface area contributed by atoms with Crippen molar-refractivity contribution >= 4 is 108 Å². The molecule has 0 bridgehead atoms. The van der Waals surface area contributed by atoms with Crippen LogP contribution in [0.15, 0.2) is 36.4 Å². The quantitative estimate of drug-likeness (QED) is 0.0866. The standard InChI is InChI=1S/C34H40S4.6CH3.2Sn/c1-5-9-11-23(7-3)21-25-13-15-29(37-25)31-27-17-19-36-34(27)32(28-18-20-35-33(28)31)30-16-14-26(38-30)22-24(8-4)12-10-6-2;;;;;;;;/h13-18,23-24H,5-12,21-22H2,1-4H3;6*1H3;;/t23-,24-;;;;;;;;/m0......../s1. The van der Waals surface area contributed by atoms with Crippen molar-refractivity contribution in [2.45, 2.75) is 122 Å². The topological polar surface area (TPSA) is 0 Å². The van der Waals surface area contributed by atoms with Crippen molar-refractivity contribution in [2.75, 3.05) is 0 Å². The molecule has 4 heterocycles. The Morgan fingerprint density at radius 1 is 0.543 bits per heavy atom. The molecule has 0 amide bonds. The molecule has 0 spiro atoms. The number of fused-ring (bicyclic) bond motifs is 2. The van der Waals surface area contributed by atoms with Gasteiger partial charge in [0.05, 0.1) is 0 Å². The van der Waals surface area contributed by atoms with Gasteiger partial charge in [0, 0.05) is 0 Å². The van der Waals surface area contributed by atoms with Gasteiger partial charge in [-0.2, -0.15) is 0 Å². The van der Waals surface area contributed by atoms with E-state index < -0.39 is 36.8 Å². The average molecular weight is 905 g/mol. The normalized spacial score (nSPS) is 14.1. The zero-order valence-corrected chi connectivity index (χ0v) is 39.3. The fourth-order valence-electron chi connectivity index (χ4n) is 6.70. The van der Waals surface area contributed by atoms with E-state index in [0.29, 0.717) is 0 Å². The minimum absolute atomic E-state index is 0.808. The van der Waals surface area contributed by atoms with E-state index in [4.69, 9.17) is 0 Å². The Balaban J connectivity index is 1.71. The molecule has 0 aliphatic heterocycles. The summed E-state index contributed by atoms with van der Waals surface area (Å²) < 4.78 is 6.55. The second-order valence-electron chi connectivity index (χ2n) is 15.7. The number of hydrogen-bond acceptors (Lipinski definition) is 4. The summed E-state index contributed by atoms with van der Waals surface area (Å²) in [6, 6.07) is 15.3. The Morgan fingerprint density at radius 3 is 1.26 bits per heavy atom. The maximum atomic E-state index is 2.68. The Hall–Kier alpha value is 0.137. The zero-order valence-electron chi connectivity index (χ0n) is 30.3. The number of unbranched alkanes of at least 4 members (excludes halogenated alkanes) is 2. The van der Waals surface area contributed by atoms with Crippen LogP contribution in [0.5, 0.6) is 0 Å². The number of rotatable bonds is 16. The van der Waals surface area contributed by atoms with Crippen molar-refractivity contribution < 1.29 is 0 Å². The molecule has 0 radical (unpaired) electrons. The molecule has 2 atom stereocenters. The Kier molecular flexibility index (Phi) is 13.0. The predicted octanol–water partition coefficient (Wildman–Crippen LogP) is 14.2.